The number of nitrogens with two attached hydrogens (primary N) is 1. The minimum absolute atomic E-state index is 0.156. The predicted molar refractivity (Wildman–Crippen MR) is 75.7 cm³/mol. The molecule has 7 nitrogen and oxygen atoms in total. The quantitative estimate of drug-likeness (QED) is 0.463. The maximum atomic E-state index is 12.1. The first kappa shape index (κ1) is 15.7. The summed E-state index contributed by atoms with van der Waals surface area (Å²) < 4.78 is 26.6. The molecule has 0 radical (unpaired) electrons. The van der Waals surface area contributed by atoms with E-state index in [9.17, 15) is 18.5 Å². The Balaban J connectivity index is 3.20. The number of nitro groups is 1. The molecule has 1 rings (SSSR count). The number of nitrogen functional groups attached to an aromatic ring is 1. The highest BCUT2D eigenvalue weighted by molar-refractivity contribution is 7.98. The molecule has 1 aromatic carbocycles. The van der Waals surface area contributed by atoms with E-state index in [4.69, 9.17) is 5.73 Å². The van der Waals surface area contributed by atoms with Crippen molar-refractivity contribution in [2.75, 3.05) is 17.7 Å². The Morgan fingerprint density at radius 1 is 1.53 bits per heavy atom. The van der Waals surface area contributed by atoms with E-state index in [1.54, 1.807) is 6.92 Å². The maximum Gasteiger partial charge on any atom is 0.289 e. The van der Waals surface area contributed by atoms with Gasteiger partial charge in [-0.1, -0.05) is 0 Å². The zero-order valence-corrected chi connectivity index (χ0v) is 12.1. The third-order valence-electron chi connectivity index (χ3n) is 2.24. The second kappa shape index (κ2) is 6.22. The molecule has 0 amide bonds. The van der Waals surface area contributed by atoms with Crippen LogP contribution in [-0.4, -0.2) is 31.4 Å². The van der Waals surface area contributed by atoms with Crippen molar-refractivity contribution in [3.05, 3.63) is 28.3 Å². The summed E-state index contributed by atoms with van der Waals surface area (Å²) in [5.74, 6) is 0.565. The van der Waals surface area contributed by atoms with Crippen LogP contribution < -0.4 is 10.5 Å². The number of nitrogens with one attached hydrogen (secondary N) is 1. The molecule has 0 spiro atoms. The lowest BCUT2D eigenvalue weighted by atomic mass is 10.3. The summed E-state index contributed by atoms with van der Waals surface area (Å²) >= 11 is 1.47. The molecule has 0 fully saturated rings. The van der Waals surface area contributed by atoms with Gasteiger partial charge in [0.05, 0.1) is 4.92 Å². The van der Waals surface area contributed by atoms with Gasteiger partial charge in [-0.05, 0) is 25.3 Å². The number of anilines is 1. The van der Waals surface area contributed by atoms with Crippen LogP contribution in [0, 0.1) is 10.1 Å². The van der Waals surface area contributed by atoms with Crippen molar-refractivity contribution in [1.82, 2.24) is 4.72 Å². The van der Waals surface area contributed by atoms with Gasteiger partial charge in [-0.25, -0.2) is 13.1 Å². The van der Waals surface area contributed by atoms with Crippen molar-refractivity contribution < 1.29 is 13.3 Å². The van der Waals surface area contributed by atoms with E-state index in [-0.39, 0.29) is 11.7 Å². The van der Waals surface area contributed by atoms with Gasteiger partial charge in [0.15, 0.2) is 4.90 Å². The molecule has 0 saturated carbocycles. The second-order valence-corrected chi connectivity index (χ2v) is 6.56. The maximum absolute atomic E-state index is 12.1. The third kappa shape index (κ3) is 4.08. The standard InChI is InChI=1S/C10H15N3O4S2/c1-7(6-18-2)12-19(16,17)10-5-8(11)3-4-9(10)13(14)15/h3-5,7,12H,6,11H2,1-2H3. The number of nitrogens with zero attached hydrogens (tertiary/aromatic N) is 1. The Morgan fingerprint density at radius 2 is 2.16 bits per heavy atom. The number of benzene rings is 1. The van der Waals surface area contributed by atoms with Gasteiger partial charge in [0.1, 0.15) is 0 Å². The first-order valence-electron chi connectivity index (χ1n) is 5.33. The van der Waals surface area contributed by atoms with Gasteiger partial charge in [-0.15, -0.1) is 0 Å². The Kier molecular flexibility index (Phi) is 5.15. The van der Waals surface area contributed by atoms with Gasteiger partial charge < -0.3 is 5.73 Å². The average Bonchev–Trinajstić information content (AvgIpc) is 2.27. The van der Waals surface area contributed by atoms with E-state index in [0.717, 1.165) is 12.1 Å². The lowest BCUT2D eigenvalue weighted by Crippen LogP contribution is -2.34. The molecule has 1 unspecified atom stereocenters. The van der Waals surface area contributed by atoms with Gasteiger partial charge in [0.25, 0.3) is 5.69 Å². The topological polar surface area (TPSA) is 115 Å². The summed E-state index contributed by atoms with van der Waals surface area (Å²) in [7, 11) is -3.96. The number of thioether (sulfide) groups is 1. The second-order valence-electron chi connectivity index (χ2n) is 3.96. The van der Waals surface area contributed by atoms with Crippen LogP contribution >= 0.6 is 11.8 Å². The average molecular weight is 305 g/mol. The van der Waals surface area contributed by atoms with Gasteiger partial charge in [-0.2, -0.15) is 11.8 Å². The highest BCUT2D eigenvalue weighted by atomic mass is 32.2. The smallest absolute Gasteiger partial charge is 0.289 e. The molecule has 0 bridgehead atoms. The molecule has 0 heterocycles. The lowest BCUT2D eigenvalue weighted by Gasteiger charge is -2.13. The molecular formula is C10H15N3O4S2. The van der Waals surface area contributed by atoms with Gasteiger partial charge in [-0.3, -0.25) is 10.1 Å². The number of nitro benzene ring substituents is 1. The Labute approximate surface area is 115 Å². The summed E-state index contributed by atoms with van der Waals surface area (Å²) in [6, 6.07) is 3.14. The minimum Gasteiger partial charge on any atom is -0.399 e. The molecule has 106 valence electrons. The van der Waals surface area contributed by atoms with E-state index in [0.29, 0.717) is 5.75 Å². The molecular weight excluding hydrogens is 290 g/mol. The van der Waals surface area contributed by atoms with Gasteiger partial charge in [0.2, 0.25) is 10.0 Å². The van der Waals surface area contributed by atoms with Crippen LogP contribution in [0.4, 0.5) is 11.4 Å². The largest absolute Gasteiger partial charge is 0.399 e. The molecule has 1 atom stereocenters. The fraction of sp³-hybridized carbons (Fsp3) is 0.400. The van der Waals surface area contributed by atoms with Crippen LogP contribution in [0.1, 0.15) is 6.92 Å². The molecule has 3 N–H and O–H groups in total. The van der Waals surface area contributed by atoms with Crippen LogP contribution in [0.5, 0.6) is 0 Å². The van der Waals surface area contributed by atoms with Crippen molar-refractivity contribution >= 4 is 33.2 Å². The Morgan fingerprint density at radius 3 is 2.68 bits per heavy atom. The SMILES string of the molecule is CSCC(C)NS(=O)(=O)c1cc(N)ccc1[N+](=O)[O-]. The van der Waals surface area contributed by atoms with Gasteiger partial charge >= 0.3 is 0 Å². The third-order valence-corrected chi connectivity index (χ3v) is 4.70. The zero-order valence-electron chi connectivity index (χ0n) is 10.5. The first-order chi connectivity index (χ1) is 8.77. The van der Waals surface area contributed by atoms with E-state index in [1.165, 1.54) is 17.8 Å². The molecule has 19 heavy (non-hydrogen) atoms. The lowest BCUT2D eigenvalue weighted by molar-refractivity contribution is -0.387. The van der Waals surface area contributed by atoms with E-state index in [2.05, 4.69) is 4.72 Å². The number of rotatable bonds is 6. The summed E-state index contributed by atoms with van der Waals surface area (Å²) in [6.45, 7) is 1.69. The first-order valence-corrected chi connectivity index (χ1v) is 8.21. The van der Waals surface area contributed by atoms with Crippen molar-refractivity contribution in [3.63, 3.8) is 0 Å². The fourth-order valence-corrected chi connectivity index (χ4v) is 3.65. The van der Waals surface area contributed by atoms with Crippen molar-refractivity contribution in [2.24, 2.45) is 0 Å². The summed E-state index contributed by atoms with van der Waals surface area (Å²) in [5.41, 5.74) is 5.16. The summed E-state index contributed by atoms with van der Waals surface area (Å²) in [5, 5.41) is 10.9. The van der Waals surface area contributed by atoms with Crippen molar-refractivity contribution in [2.45, 2.75) is 17.9 Å². The molecule has 1 aromatic rings. The Hall–Kier alpha value is -1.32. The van der Waals surface area contributed by atoms with Crippen LogP contribution in [0.2, 0.25) is 0 Å². The molecule has 0 saturated heterocycles. The van der Waals surface area contributed by atoms with Crippen LogP contribution in [0.25, 0.3) is 0 Å². The van der Waals surface area contributed by atoms with E-state index >= 15 is 0 Å². The molecule has 0 aliphatic heterocycles. The van der Waals surface area contributed by atoms with Gasteiger partial charge in [0, 0.05) is 23.5 Å². The molecule has 0 aromatic heterocycles. The van der Waals surface area contributed by atoms with Crippen molar-refractivity contribution in [3.8, 4) is 0 Å². The van der Waals surface area contributed by atoms with Crippen molar-refractivity contribution in [1.29, 1.82) is 0 Å². The monoisotopic (exact) mass is 305 g/mol. The Bertz CT molecular complexity index is 574. The molecule has 0 aliphatic rings. The number of hydrogen-bond donors (Lipinski definition) is 2. The fourth-order valence-electron chi connectivity index (χ4n) is 1.51. The highest BCUT2D eigenvalue weighted by Crippen LogP contribution is 2.26. The van der Waals surface area contributed by atoms with Crippen LogP contribution in [0.3, 0.4) is 0 Å². The molecule has 0 aliphatic carbocycles. The van der Waals surface area contributed by atoms with Crippen LogP contribution in [-0.2, 0) is 10.0 Å². The summed E-state index contributed by atoms with van der Waals surface area (Å²) in [6.07, 6.45) is 1.84. The van der Waals surface area contributed by atoms with E-state index < -0.39 is 25.5 Å². The normalized spacial score (nSPS) is 13.2. The van der Waals surface area contributed by atoms with E-state index in [1.807, 2.05) is 6.26 Å². The summed E-state index contributed by atoms with van der Waals surface area (Å²) in [4.78, 5) is 9.71. The minimum atomic E-state index is -3.96. The number of hydrogen-bond acceptors (Lipinski definition) is 6. The van der Waals surface area contributed by atoms with Crippen LogP contribution in [0.15, 0.2) is 23.1 Å². The zero-order chi connectivity index (χ0) is 14.6. The molecule has 9 heteroatoms. The number of sulfonamides is 1. The predicted octanol–water partition coefficient (Wildman–Crippen LogP) is 1.21. The highest BCUT2D eigenvalue weighted by Gasteiger charge is 2.27.